The molecule has 0 spiro atoms. The zero-order valence-electron chi connectivity index (χ0n) is 7.04. The third-order valence-corrected chi connectivity index (χ3v) is 1.99. The summed E-state index contributed by atoms with van der Waals surface area (Å²) in [5.74, 6) is 0. The fourth-order valence-corrected chi connectivity index (χ4v) is 1.26. The maximum absolute atomic E-state index is 10.5. The molecule has 78 valence electrons. The number of cyclic esters (lactones) is 4. The molecule has 2 rings (SSSR count). The number of hydrogen-bond acceptors (Lipinski definition) is 7. The molecule has 2 saturated heterocycles. The maximum Gasteiger partial charge on any atom is 0.508 e. The van der Waals surface area contributed by atoms with Gasteiger partial charge in [0.2, 0.25) is 0 Å². The summed E-state index contributed by atoms with van der Waals surface area (Å²) in [6.07, 6.45) is -4.39. The monoisotopic (exact) mass is 204 g/mol. The Hall–Kier alpha value is -1.50. The summed E-state index contributed by atoms with van der Waals surface area (Å²) in [7, 11) is 0. The number of ether oxygens (including phenoxy) is 4. The highest BCUT2D eigenvalue weighted by molar-refractivity contribution is 5.63. The Kier molecular flexibility index (Phi) is 2.16. The van der Waals surface area contributed by atoms with Crippen LogP contribution in [0, 0.1) is 0 Å². The van der Waals surface area contributed by atoms with Gasteiger partial charge in [-0.05, 0) is 0 Å². The lowest BCUT2D eigenvalue weighted by Gasteiger charge is -2.17. The van der Waals surface area contributed by atoms with Gasteiger partial charge in [-0.25, -0.2) is 9.59 Å². The Labute approximate surface area is 78.5 Å². The standard InChI is InChI=1S/C7H8O7/c8-5(3-1-11-6(9)13-3)4-2-12-7(10)14-4/h3-5,8H,1-2H2. The smallest absolute Gasteiger partial charge is 0.430 e. The van der Waals surface area contributed by atoms with Gasteiger partial charge < -0.3 is 24.1 Å². The van der Waals surface area contributed by atoms with Crippen molar-refractivity contribution in [3.8, 4) is 0 Å². The molecular formula is C7H8O7. The van der Waals surface area contributed by atoms with Crippen LogP contribution in [0.25, 0.3) is 0 Å². The molecule has 1 N–H and O–H groups in total. The number of aliphatic hydroxyl groups excluding tert-OH is 1. The summed E-state index contributed by atoms with van der Waals surface area (Å²) in [6.45, 7) is -0.0951. The highest BCUT2D eigenvalue weighted by Gasteiger charge is 2.41. The first kappa shape index (κ1) is 9.07. The molecule has 14 heavy (non-hydrogen) atoms. The second kappa shape index (κ2) is 3.33. The number of aliphatic hydroxyl groups is 1. The predicted molar refractivity (Wildman–Crippen MR) is 38.4 cm³/mol. The number of hydrogen-bond donors (Lipinski definition) is 1. The van der Waals surface area contributed by atoms with E-state index in [0.29, 0.717) is 0 Å². The van der Waals surface area contributed by atoms with Gasteiger partial charge in [-0.1, -0.05) is 0 Å². The van der Waals surface area contributed by atoms with Crippen molar-refractivity contribution in [2.45, 2.75) is 18.3 Å². The van der Waals surface area contributed by atoms with Crippen LogP contribution in [0.3, 0.4) is 0 Å². The topological polar surface area (TPSA) is 91.3 Å². The van der Waals surface area contributed by atoms with E-state index in [2.05, 4.69) is 18.9 Å². The lowest BCUT2D eigenvalue weighted by atomic mass is 10.1. The van der Waals surface area contributed by atoms with Gasteiger partial charge in [0, 0.05) is 0 Å². The molecule has 0 amide bonds. The van der Waals surface area contributed by atoms with Crippen molar-refractivity contribution in [2.75, 3.05) is 13.2 Å². The zero-order valence-corrected chi connectivity index (χ0v) is 7.04. The van der Waals surface area contributed by atoms with Crippen LogP contribution in [0.4, 0.5) is 9.59 Å². The van der Waals surface area contributed by atoms with Crippen molar-refractivity contribution < 1.29 is 33.6 Å². The van der Waals surface area contributed by atoms with Crippen molar-refractivity contribution in [3.05, 3.63) is 0 Å². The molecule has 0 saturated carbocycles. The van der Waals surface area contributed by atoms with Gasteiger partial charge in [0.1, 0.15) is 19.3 Å². The van der Waals surface area contributed by atoms with Crippen molar-refractivity contribution in [1.29, 1.82) is 0 Å². The number of rotatable bonds is 2. The van der Waals surface area contributed by atoms with Gasteiger partial charge in [0.15, 0.2) is 12.2 Å². The van der Waals surface area contributed by atoms with Crippen LogP contribution in [-0.2, 0) is 18.9 Å². The van der Waals surface area contributed by atoms with Crippen LogP contribution in [-0.4, -0.2) is 48.9 Å². The lowest BCUT2D eigenvalue weighted by Crippen LogP contribution is -2.40. The van der Waals surface area contributed by atoms with Gasteiger partial charge in [-0.15, -0.1) is 0 Å². The Bertz CT molecular complexity index is 237. The van der Waals surface area contributed by atoms with Crippen LogP contribution in [0.15, 0.2) is 0 Å². The van der Waals surface area contributed by atoms with Gasteiger partial charge in [0.05, 0.1) is 0 Å². The quantitative estimate of drug-likeness (QED) is 0.601. The van der Waals surface area contributed by atoms with Crippen molar-refractivity contribution >= 4 is 12.3 Å². The summed E-state index contributed by atoms with van der Waals surface area (Å²) in [5, 5.41) is 9.57. The normalized spacial score (nSPS) is 32.9. The molecule has 0 radical (unpaired) electrons. The summed E-state index contributed by atoms with van der Waals surface area (Å²) in [6, 6.07) is 0. The summed E-state index contributed by atoms with van der Waals surface area (Å²) >= 11 is 0. The molecule has 0 aromatic rings. The Morgan fingerprint density at radius 1 is 1.07 bits per heavy atom. The summed E-state index contributed by atoms with van der Waals surface area (Å²) in [5.41, 5.74) is 0. The summed E-state index contributed by atoms with van der Waals surface area (Å²) in [4.78, 5) is 21.1. The van der Waals surface area contributed by atoms with Crippen molar-refractivity contribution in [2.24, 2.45) is 0 Å². The molecule has 0 bridgehead atoms. The molecular weight excluding hydrogens is 196 g/mol. The van der Waals surface area contributed by atoms with Gasteiger partial charge in [-0.3, -0.25) is 0 Å². The van der Waals surface area contributed by atoms with Crippen LogP contribution in [0.1, 0.15) is 0 Å². The first-order valence-corrected chi connectivity index (χ1v) is 4.01. The van der Waals surface area contributed by atoms with Crippen LogP contribution in [0.5, 0.6) is 0 Å². The van der Waals surface area contributed by atoms with Crippen molar-refractivity contribution in [3.63, 3.8) is 0 Å². The SMILES string of the molecule is O=C1OCC(C(O)C2COC(=O)O2)O1. The number of carbonyl (C=O) groups is 2. The van der Waals surface area contributed by atoms with E-state index in [4.69, 9.17) is 0 Å². The fraction of sp³-hybridized carbons (Fsp3) is 0.714. The average Bonchev–Trinajstić information content (AvgIpc) is 2.73. The minimum atomic E-state index is -1.12. The van der Waals surface area contributed by atoms with Crippen LogP contribution in [0.2, 0.25) is 0 Å². The van der Waals surface area contributed by atoms with Crippen molar-refractivity contribution in [1.82, 2.24) is 0 Å². The van der Waals surface area contributed by atoms with E-state index in [1.54, 1.807) is 0 Å². The molecule has 0 aromatic heterocycles. The van der Waals surface area contributed by atoms with E-state index in [1.807, 2.05) is 0 Å². The molecule has 2 fully saturated rings. The van der Waals surface area contributed by atoms with Gasteiger partial charge in [0.25, 0.3) is 0 Å². The molecule has 2 aliphatic rings. The molecule has 7 heteroatoms. The van der Waals surface area contributed by atoms with Crippen LogP contribution < -0.4 is 0 Å². The molecule has 2 aliphatic heterocycles. The molecule has 0 aliphatic carbocycles. The average molecular weight is 204 g/mol. The van der Waals surface area contributed by atoms with Crippen LogP contribution >= 0.6 is 0 Å². The first-order chi connectivity index (χ1) is 6.66. The van der Waals surface area contributed by atoms with E-state index >= 15 is 0 Å². The van der Waals surface area contributed by atoms with Gasteiger partial charge >= 0.3 is 12.3 Å². The second-order valence-electron chi connectivity index (χ2n) is 2.93. The van der Waals surface area contributed by atoms with Gasteiger partial charge in [-0.2, -0.15) is 0 Å². The van der Waals surface area contributed by atoms with E-state index < -0.39 is 30.6 Å². The largest absolute Gasteiger partial charge is 0.508 e. The Morgan fingerprint density at radius 3 is 1.79 bits per heavy atom. The number of carbonyl (C=O) groups excluding carboxylic acids is 2. The van der Waals surface area contributed by atoms with E-state index in [1.165, 1.54) is 0 Å². The molecule has 0 aromatic carbocycles. The molecule has 2 atom stereocenters. The fourth-order valence-electron chi connectivity index (χ4n) is 1.26. The van der Waals surface area contributed by atoms with E-state index in [0.717, 1.165) is 0 Å². The Morgan fingerprint density at radius 2 is 1.50 bits per heavy atom. The lowest BCUT2D eigenvalue weighted by molar-refractivity contribution is -0.0365. The Balaban J connectivity index is 1.91. The van der Waals surface area contributed by atoms with E-state index in [9.17, 15) is 14.7 Å². The first-order valence-electron chi connectivity index (χ1n) is 4.01. The summed E-state index contributed by atoms with van der Waals surface area (Å²) < 4.78 is 18.2. The third-order valence-electron chi connectivity index (χ3n) is 1.99. The van der Waals surface area contributed by atoms with E-state index in [-0.39, 0.29) is 13.2 Å². The third kappa shape index (κ3) is 1.58. The minimum absolute atomic E-state index is 0.0476. The predicted octanol–water partition coefficient (Wildman–Crippen LogP) is -0.582. The zero-order chi connectivity index (χ0) is 10.1. The minimum Gasteiger partial charge on any atom is -0.430 e. The molecule has 2 unspecified atom stereocenters. The highest BCUT2D eigenvalue weighted by Crippen LogP contribution is 2.18. The second-order valence-corrected chi connectivity index (χ2v) is 2.93. The molecule has 7 nitrogen and oxygen atoms in total. The maximum atomic E-state index is 10.5. The molecule has 2 heterocycles. The highest BCUT2D eigenvalue weighted by atomic mass is 16.8.